The maximum absolute atomic E-state index is 6.02. The maximum Gasteiger partial charge on any atom is 0.129 e. The first-order valence-electron chi connectivity index (χ1n) is 8.03. The molecule has 1 aromatic rings. The Balaban J connectivity index is 1.72. The Hall–Kier alpha value is -0.800. The minimum Gasteiger partial charge on any atom is -0.467 e. The molecule has 0 amide bonds. The van der Waals surface area contributed by atoms with Crippen LogP contribution in [0.2, 0.25) is 0 Å². The van der Waals surface area contributed by atoms with Crippen molar-refractivity contribution in [3.63, 3.8) is 0 Å². The smallest absolute Gasteiger partial charge is 0.129 e. The van der Waals surface area contributed by atoms with Crippen molar-refractivity contribution in [3.05, 3.63) is 23.7 Å². The Morgan fingerprint density at radius 1 is 1.35 bits per heavy atom. The van der Waals surface area contributed by atoms with Gasteiger partial charge in [-0.1, -0.05) is 33.6 Å². The van der Waals surface area contributed by atoms with Gasteiger partial charge in [0.2, 0.25) is 0 Å². The van der Waals surface area contributed by atoms with Crippen molar-refractivity contribution in [2.45, 2.75) is 65.7 Å². The van der Waals surface area contributed by atoms with Gasteiger partial charge >= 0.3 is 0 Å². The van der Waals surface area contributed by atoms with E-state index < -0.39 is 0 Å². The predicted octanol–water partition coefficient (Wildman–Crippen LogP) is 4.12. The zero-order valence-corrected chi connectivity index (χ0v) is 13.2. The number of ether oxygens (including phenoxy) is 1. The van der Waals surface area contributed by atoms with Gasteiger partial charge in [-0.3, -0.25) is 0 Å². The molecule has 0 radical (unpaired) electrons. The molecule has 3 heteroatoms. The van der Waals surface area contributed by atoms with Crippen molar-refractivity contribution < 1.29 is 9.15 Å². The van der Waals surface area contributed by atoms with E-state index in [4.69, 9.17) is 9.15 Å². The highest BCUT2D eigenvalue weighted by molar-refractivity contribution is 5.12. The number of nitrogens with one attached hydrogen (secondary N) is 1. The molecule has 1 saturated carbocycles. The van der Waals surface area contributed by atoms with Crippen molar-refractivity contribution >= 4 is 0 Å². The van der Waals surface area contributed by atoms with Crippen LogP contribution in [0.5, 0.6) is 0 Å². The molecule has 20 heavy (non-hydrogen) atoms. The summed E-state index contributed by atoms with van der Waals surface area (Å²) in [5.41, 5.74) is 1.21. The lowest BCUT2D eigenvalue weighted by molar-refractivity contribution is -0.0219. The summed E-state index contributed by atoms with van der Waals surface area (Å²) >= 11 is 0. The van der Waals surface area contributed by atoms with E-state index in [1.165, 1.54) is 31.2 Å². The van der Waals surface area contributed by atoms with Gasteiger partial charge in [0.25, 0.3) is 0 Å². The fourth-order valence-electron chi connectivity index (χ4n) is 2.82. The van der Waals surface area contributed by atoms with E-state index in [-0.39, 0.29) is 0 Å². The molecule has 0 spiro atoms. The average molecular weight is 279 g/mol. The molecule has 0 bridgehead atoms. The molecule has 3 nitrogen and oxygen atoms in total. The van der Waals surface area contributed by atoms with Crippen molar-refractivity contribution in [3.8, 4) is 0 Å². The Morgan fingerprint density at radius 2 is 2.15 bits per heavy atom. The van der Waals surface area contributed by atoms with Gasteiger partial charge in [-0.15, -0.1) is 0 Å². The van der Waals surface area contributed by atoms with Crippen LogP contribution >= 0.6 is 0 Å². The molecule has 2 rings (SSSR count). The summed E-state index contributed by atoms with van der Waals surface area (Å²) in [4.78, 5) is 0. The Kier molecular flexibility index (Phi) is 6.11. The maximum atomic E-state index is 6.02. The van der Waals surface area contributed by atoms with Gasteiger partial charge in [-0.25, -0.2) is 0 Å². The highest BCUT2D eigenvalue weighted by Gasteiger charge is 2.22. The Morgan fingerprint density at radius 3 is 2.90 bits per heavy atom. The highest BCUT2D eigenvalue weighted by Crippen LogP contribution is 2.27. The van der Waals surface area contributed by atoms with Crippen LogP contribution in [0.4, 0.5) is 0 Å². The molecular weight excluding hydrogens is 250 g/mol. The molecule has 1 N–H and O–H groups in total. The lowest BCUT2D eigenvalue weighted by Crippen LogP contribution is -2.25. The minimum absolute atomic E-state index is 0.413. The van der Waals surface area contributed by atoms with Crippen molar-refractivity contribution in [1.82, 2.24) is 5.32 Å². The van der Waals surface area contributed by atoms with Crippen LogP contribution in [0.25, 0.3) is 0 Å². The Bertz CT molecular complexity index is 386. The van der Waals surface area contributed by atoms with E-state index >= 15 is 0 Å². The van der Waals surface area contributed by atoms with Crippen LogP contribution in [-0.2, 0) is 17.9 Å². The van der Waals surface area contributed by atoms with Gasteiger partial charge in [-0.05, 0) is 37.3 Å². The first kappa shape index (κ1) is 15.6. The molecule has 114 valence electrons. The van der Waals surface area contributed by atoms with E-state index in [0.717, 1.165) is 18.8 Å². The molecule has 1 aliphatic rings. The van der Waals surface area contributed by atoms with E-state index in [9.17, 15) is 0 Å². The first-order valence-corrected chi connectivity index (χ1v) is 8.03. The van der Waals surface area contributed by atoms with Crippen LogP contribution in [0.3, 0.4) is 0 Å². The van der Waals surface area contributed by atoms with Crippen molar-refractivity contribution in [2.24, 2.45) is 11.8 Å². The number of rotatable bonds is 7. The molecule has 0 aromatic carbocycles. The second-order valence-electron chi connectivity index (χ2n) is 6.56. The van der Waals surface area contributed by atoms with Crippen LogP contribution in [0.1, 0.15) is 57.8 Å². The molecule has 2 unspecified atom stereocenters. The monoisotopic (exact) mass is 279 g/mol. The quantitative estimate of drug-likeness (QED) is 0.815. The molecule has 1 fully saturated rings. The van der Waals surface area contributed by atoms with Gasteiger partial charge in [0, 0.05) is 12.1 Å². The number of hydrogen-bond acceptors (Lipinski definition) is 3. The normalized spacial score (nSPS) is 23.4. The summed E-state index contributed by atoms with van der Waals surface area (Å²) in [5.74, 6) is 2.31. The molecule has 2 atom stereocenters. The summed E-state index contributed by atoms with van der Waals surface area (Å²) in [6, 6.07) is 2.11. The summed E-state index contributed by atoms with van der Waals surface area (Å²) in [6.07, 6.45) is 7.41. The lowest BCUT2D eigenvalue weighted by atomic mass is 9.88. The largest absolute Gasteiger partial charge is 0.467 e. The number of furan rings is 1. The van der Waals surface area contributed by atoms with Crippen molar-refractivity contribution in [1.29, 1.82) is 0 Å². The van der Waals surface area contributed by atoms with Crippen LogP contribution in [0.15, 0.2) is 16.7 Å². The third kappa shape index (κ3) is 4.95. The molecule has 1 aliphatic carbocycles. The molecule has 1 aromatic heterocycles. The van der Waals surface area contributed by atoms with Gasteiger partial charge in [0.1, 0.15) is 12.4 Å². The van der Waals surface area contributed by atoms with Crippen LogP contribution < -0.4 is 5.32 Å². The van der Waals surface area contributed by atoms with Gasteiger partial charge in [-0.2, -0.15) is 0 Å². The second-order valence-corrected chi connectivity index (χ2v) is 6.56. The molecule has 0 saturated heterocycles. The fourth-order valence-corrected chi connectivity index (χ4v) is 2.82. The zero-order valence-electron chi connectivity index (χ0n) is 13.2. The third-order valence-corrected chi connectivity index (χ3v) is 4.06. The van der Waals surface area contributed by atoms with E-state index in [1.54, 1.807) is 0 Å². The van der Waals surface area contributed by atoms with Gasteiger partial charge in [0.05, 0.1) is 12.4 Å². The zero-order chi connectivity index (χ0) is 14.4. The second kappa shape index (κ2) is 7.84. The van der Waals surface area contributed by atoms with Gasteiger partial charge < -0.3 is 14.5 Å². The van der Waals surface area contributed by atoms with Gasteiger partial charge in [0.15, 0.2) is 0 Å². The lowest BCUT2D eigenvalue weighted by Gasteiger charge is -2.28. The Labute approximate surface area is 123 Å². The summed E-state index contributed by atoms with van der Waals surface area (Å²) in [6.45, 7) is 9.25. The summed E-state index contributed by atoms with van der Waals surface area (Å²) < 4.78 is 11.6. The highest BCUT2D eigenvalue weighted by atomic mass is 16.5. The van der Waals surface area contributed by atoms with Crippen LogP contribution in [0, 0.1) is 11.8 Å². The van der Waals surface area contributed by atoms with E-state index in [2.05, 4.69) is 32.2 Å². The fraction of sp³-hybridized carbons (Fsp3) is 0.765. The number of hydrogen-bond donors (Lipinski definition) is 1. The van der Waals surface area contributed by atoms with E-state index in [1.807, 2.05) is 6.26 Å². The third-order valence-electron chi connectivity index (χ3n) is 4.06. The average Bonchev–Trinajstić information content (AvgIpc) is 2.85. The molecular formula is C17H29NO2. The van der Waals surface area contributed by atoms with Crippen LogP contribution in [-0.4, -0.2) is 12.6 Å². The first-order chi connectivity index (χ1) is 9.65. The topological polar surface area (TPSA) is 34.4 Å². The standard InChI is InChI=1S/C17H29NO2/c1-13(2)9-18-10-15-8-16(19-11-15)12-20-17-7-5-4-6-14(17)3/h8,11,13-14,17-18H,4-7,9-10,12H2,1-3H3. The summed E-state index contributed by atoms with van der Waals surface area (Å²) in [7, 11) is 0. The van der Waals surface area contributed by atoms with Crippen molar-refractivity contribution in [2.75, 3.05) is 6.54 Å². The predicted molar refractivity (Wildman–Crippen MR) is 81.5 cm³/mol. The molecule has 1 heterocycles. The van der Waals surface area contributed by atoms with E-state index in [0.29, 0.717) is 24.5 Å². The SMILES string of the molecule is CC(C)CNCc1coc(COC2CCCCC2C)c1. The minimum atomic E-state index is 0.413. The summed E-state index contributed by atoms with van der Waals surface area (Å²) in [5, 5.41) is 3.43. The molecule has 0 aliphatic heterocycles.